The molecule has 102 valence electrons. The van der Waals surface area contributed by atoms with Crippen LogP contribution in [0.4, 0.5) is 0 Å². The van der Waals surface area contributed by atoms with Crippen LogP contribution in [0.2, 0.25) is 5.02 Å². The molecule has 1 aromatic carbocycles. The Morgan fingerprint density at radius 3 is 3.00 bits per heavy atom. The Labute approximate surface area is 120 Å². The fourth-order valence-corrected chi connectivity index (χ4v) is 2.86. The van der Waals surface area contributed by atoms with Gasteiger partial charge in [0.2, 0.25) is 0 Å². The number of nitriles is 1. The molecule has 1 atom stereocenters. The van der Waals surface area contributed by atoms with Crippen LogP contribution in [0.15, 0.2) is 18.2 Å². The van der Waals surface area contributed by atoms with Gasteiger partial charge in [0.25, 0.3) is 0 Å². The van der Waals surface area contributed by atoms with Gasteiger partial charge in [0.1, 0.15) is 0 Å². The van der Waals surface area contributed by atoms with Gasteiger partial charge in [-0.25, -0.2) is 0 Å². The van der Waals surface area contributed by atoms with E-state index >= 15 is 0 Å². The van der Waals surface area contributed by atoms with Crippen molar-refractivity contribution in [3.8, 4) is 6.07 Å². The van der Waals surface area contributed by atoms with Gasteiger partial charge in [-0.05, 0) is 56.6 Å². The maximum Gasteiger partial charge on any atom is 0.0992 e. The van der Waals surface area contributed by atoms with Gasteiger partial charge in [-0.3, -0.25) is 0 Å². The van der Waals surface area contributed by atoms with Crippen LogP contribution in [-0.4, -0.2) is 31.6 Å². The van der Waals surface area contributed by atoms with Gasteiger partial charge >= 0.3 is 0 Å². The van der Waals surface area contributed by atoms with Crippen LogP contribution < -0.4 is 5.32 Å². The number of nitrogens with zero attached hydrogens (tertiary/aromatic N) is 2. The Morgan fingerprint density at radius 1 is 1.53 bits per heavy atom. The lowest BCUT2D eigenvalue weighted by molar-refractivity contribution is 0.237. The van der Waals surface area contributed by atoms with Crippen LogP contribution in [0.5, 0.6) is 0 Å². The molecule has 0 bridgehead atoms. The monoisotopic (exact) mass is 277 g/mol. The lowest BCUT2D eigenvalue weighted by Crippen LogP contribution is -2.36. The minimum atomic E-state index is 0.618. The van der Waals surface area contributed by atoms with E-state index in [1.54, 1.807) is 6.07 Å². The molecule has 1 saturated heterocycles. The number of halogens is 1. The zero-order valence-electron chi connectivity index (χ0n) is 11.3. The second kappa shape index (κ2) is 6.91. The number of piperidine rings is 1. The predicted octanol–water partition coefficient (Wildman–Crippen LogP) is 2.64. The number of rotatable bonds is 4. The highest BCUT2D eigenvalue weighted by Gasteiger charge is 2.15. The molecule has 1 aromatic rings. The summed E-state index contributed by atoms with van der Waals surface area (Å²) in [5, 5.41) is 13.0. The molecule has 4 heteroatoms. The molecule has 0 spiro atoms. The summed E-state index contributed by atoms with van der Waals surface area (Å²) >= 11 is 6.20. The summed E-state index contributed by atoms with van der Waals surface area (Å²) in [6, 6.07) is 7.64. The number of nitrogens with one attached hydrogen (secondary N) is 1. The Kier molecular flexibility index (Phi) is 5.21. The third kappa shape index (κ3) is 4.21. The molecule has 1 fully saturated rings. The van der Waals surface area contributed by atoms with E-state index in [9.17, 15) is 0 Å². The normalized spacial score (nSPS) is 19.4. The zero-order chi connectivity index (χ0) is 13.7. The van der Waals surface area contributed by atoms with Gasteiger partial charge in [-0.2, -0.15) is 5.26 Å². The summed E-state index contributed by atoms with van der Waals surface area (Å²) in [7, 11) is 2.13. The maximum absolute atomic E-state index is 8.83. The third-order valence-electron chi connectivity index (χ3n) is 3.59. The second-order valence-electron chi connectivity index (χ2n) is 5.33. The van der Waals surface area contributed by atoms with E-state index < -0.39 is 0 Å². The van der Waals surface area contributed by atoms with Crippen LogP contribution >= 0.6 is 11.6 Å². The quantitative estimate of drug-likeness (QED) is 0.920. The van der Waals surface area contributed by atoms with Gasteiger partial charge in [-0.1, -0.05) is 17.7 Å². The zero-order valence-corrected chi connectivity index (χ0v) is 12.1. The molecule has 0 aromatic heterocycles. The number of hydrogen-bond donors (Lipinski definition) is 1. The van der Waals surface area contributed by atoms with Crippen LogP contribution in [0.1, 0.15) is 24.0 Å². The maximum atomic E-state index is 8.83. The van der Waals surface area contributed by atoms with Gasteiger partial charge in [0.15, 0.2) is 0 Å². The van der Waals surface area contributed by atoms with E-state index in [0.717, 1.165) is 37.7 Å². The molecular weight excluding hydrogens is 258 g/mol. The molecular formula is C15H20ClN3. The van der Waals surface area contributed by atoms with Crippen molar-refractivity contribution in [1.82, 2.24) is 10.2 Å². The van der Waals surface area contributed by atoms with E-state index in [2.05, 4.69) is 23.3 Å². The molecule has 1 aliphatic rings. The Hall–Kier alpha value is -1.08. The molecule has 19 heavy (non-hydrogen) atoms. The molecule has 1 aliphatic heterocycles. The fraction of sp³-hybridized carbons (Fsp3) is 0.533. The summed E-state index contributed by atoms with van der Waals surface area (Å²) in [5.74, 6) is 0.732. The van der Waals surface area contributed by atoms with E-state index in [0.29, 0.717) is 10.6 Å². The molecule has 1 N–H and O–H groups in total. The summed E-state index contributed by atoms with van der Waals surface area (Å²) in [6.07, 6.45) is 2.58. The number of benzene rings is 1. The molecule has 0 saturated carbocycles. The first-order chi connectivity index (χ1) is 9.19. The highest BCUT2D eigenvalue weighted by molar-refractivity contribution is 6.31. The first kappa shape index (κ1) is 14.3. The van der Waals surface area contributed by atoms with E-state index in [1.165, 1.54) is 12.8 Å². The number of hydrogen-bond acceptors (Lipinski definition) is 3. The summed E-state index contributed by atoms with van der Waals surface area (Å²) < 4.78 is 0. The topological polar surface area (TPSA) is 39.1 Å². The minimum absolute atomic E-state index is 0.618. The first-order valence-corrected chi connectivity index (χ1v) is 7.14. The van der Waals surface area contributed by atoms with Crippen molar-refractivity contribution in [2.45, 2.75) is 19.4 Å². The van der Waals surface area contributed by atoms with E-state index in [1.807, 2.05) is 12.1 Å². The SMILES string of the molecule is CN(Cc1ccc(C#N)cc1Cl)CC1CCCNC1. The lowest BCUT2D eigenvalue weighted by atomic mass is 9.99. The van der Waals surface area contributed by atoms with Crippen molar-refractivity contribution in [3.05, 3.63) is 34.3 Å². The highest BCUT2D eigenvalue weighted by atomic mass is 35.5. The molecule has 1 unspecified atom stereocenters. The van der Waals surface area contributed by atoms with Crippen LogP contribution in [0.25, 0.3) is 0 Å². The van der Waals surface area contributed by atoms with E-state index in [-0.39, 0.29) is 0 Å². The summed E-state index contributed by atoms with van der Waals surface area (Å²) in [5.41, 5.74) is 1.71. The molecule has 1 heterocycles. The Morgan fingerprint density at radius 2 is 2.37 bits per heavy atom. The average Bonchev–Trinajstić information content (AvgIpc) is 2.42. The minimum Gasteiger partial charge on any atom is -0.316 e. The van der Waals surface area contributed by atoms with Crippen LogP contribution in [0, 0.1) is 17.2 Å². The smallest absolute Gasteiger partial charge is 0.0992 e. The predicted molar refractivity (Wildman–Crippen MR) is 78.1 cm³/mol. The summed E-state index contributed by atoms with van der Waals surface area (Å²) in [4.78, 5) is 2.31. The van der Waals surface area contributed by atoms with Crippen molar-refractivity contribution >= 4 is 11.6 Å². The third-order valence-corrected chi connectivity index (χ3v) is 3.94. The van der Waals surface area contributed by atoms with Gasteiger partial charge < -0.3 is 10.2 Å². The molecule has 3 nitrogen and oxygen atoms in total. The van der Waals surface area contributed by atoms with Crippen molar-refractivity contribution in [1.29, 1.82) is 5.26 Å². The van der Waals surface area contributed by atoms with Crippen LogP contribution in [0.3, 0.4) is 0 Å². The van der Waals surface area contributed by atoms with Gasteiger partial charge in [-0.15, -0.1) is 0 Å². The highest BCUT2D eigenvalue weighted by Crippen LogP contribution is 2.20. The first-order valence-electron chi connectivity index (χ1n) is 6.77. The van der Waals surface area contributed by atoms with Crippen molar-refractivity contribution in [3.63, 3.8) is 0 Å². The summed E-state index contributed by atoms with van der Waals surface area (Å²) in [6.45, 7) is 4.19. The van der Waals surface area contributed by atoms with Crippen molar-refractivity contribution in [2.75, 3.05) is 26.7 Å². The molecule has 0 radical (unpaired) electrons. The van der Waals surface area contributed by atoms with E-state index in [4.69, 9.17) is 16.9 Å². The lowest BCUT2D eigenvalue weighted by Gasteiger charge is -2.27. The van der Waals surface area contributed by atoms with Gasteiger partial charge in [0, 0.05) is 18.1 Å². The Bertz CT molecular complexity index is 461. The van der Waals surface area contributed by atoms with Crippen molar-refractivity contribution in [2.24, 2.45) is 5.92 Å². The largest absolute Gasteiger partial charge is 0.316 e. The molecule has 0 amide bonds. The standard InChI is InChI=1S/C15H20ClN3/c1-19(10-13-3-2-6-18-9-13)11-14-5-4-12(8-17)7-15(14)16/h4-5,7,13,18H,2-3,6,9-11H2,1H3. The van der Waals surface area contributed by atoms with Gasteiger partial charge in [0.05, 0.1) is 11.6 Å². The Balaban J connectivity index is 1.91. The van der Waals surface area contributed by atoms with Crippen LogP contribution in [-0.2, 0) is 6.54 Å². The fourth-order valence-electron chi connectivity index (χ4n) is 2.62. The molecule has 0 aliphatic carbocycles. The molecule has 2 rings (SSSR count). The van der Waals surface area contributed by atoms with Crippen molar-refractivity contribution < 1.29 is 0 Å². The average molecular weight is 278 g/mol. The second-order valence-corrected chi connectivity index (χ2v) is 5.73.